The molecule has 0 aliphatic heterocycles. The maximum Gasteiger partial charge on any atom is 0.123 e. The molecule has 0 saturated heterocycles. The second kappa shape index (κ2) is 5.41. The van der Waals surface area contributed by atoms with Crippen LogP contribution >= 0.6 is 0 Å². The van der Waals surface area contributed by atoms with Crippen molar-refractivity contribution in [2.24, 2.45) is 5.73 Å². The molecular formula is C13H16N4. The molecule has 88 valence electrons. The summed E-state index contributed by atoms with van der Waals surface area (Å²) < 4.78 is 0. The van der Waals surface area contributed by atoms with Gasteiger partial charge in [0.2, 0.25) is 0 Å². The molecule has 4 N–H and O–H groups in total. The van der Waals surface area contributed by atoms with Gasteiger partial charge < -0.3 is 11.5 Å². The number of pyridine rings is 2. The standard InChI is InChI=1S/C13H16N4/c14-11(9-12-3-1-2-5-16-12)7-10-4-6-17-13(15)8-10/h1-6,8,11H,7,9,14H2,(H2,15,17). The van der Waals surface area contributed by atoms with Crippen LogP contribution in [0.2, 0.25) is 0 Å². The smallest absolute Gasteiger partial charge is 0.123 e. The van der Waals surface area contributed by atoms with E-state index in [1.165, 1.54) is 0 Å². The zero-order chi connectivity index (χ0) is 12.1. The van der Waals surface area contributed by atoms with Gasteiger partial charge in [0.1, 0.15) is 5.82 Å². The Hall–Kier alpha value is -1.94. The van der Waals surface area contributed by atoms with E-state index < -0.39 is 0 Å². The first-order valence-electron chi connectivity index (χ1n) is 5.60. The lowest BCUT2D eigenvalue weighted by atomic mass is 10.0. The molecule has 2 aromatic rings. The number of aromatic nitrogens is 2. The average Bonchev–Trinajstić information content (AvgIpc) is 2.30. The number of rotatable bonds is 4. The number of hydrogen-bond acceptors (Lipinski definition) is 4. The molecule has 0 amide bonds. The number of nitrogens with two attached hydrogens (primary N) is 2. The number of nitrogen functional groups attached to an aromatic ring is 1. The van der Waals surface area contributed by atoms with Gasteiger partial charge >= 0.3 is 0 Å². The predicted octanol–water partition coefficient (Wildman–Crippen LogP) is 1.17. The van der Waals surface area contributed by atoms with E-state index in [4.69, 9.17) is 11.5 Å². The van der Waals surface area contributed by atoms with Crippen LogP contribution < -0.4 is 11.5 Å². The van der Waals surface area contributed by atoms with E-state index in [1.54, 1.807) is 12.4 Å². The molecule has 0 saturated carbocycles. The minimum atomic E-state index is 0.0479. The first-order chi connectivity index (χ1) is 8.24. The Kier molecular flexibility index (Phi) is 3.67. The highest BCUT2D eigenvalue weighted by atomic mass is 14.8. The molecule has 0 aromatic carbocycles. The van der Waals surface area contributed by atoms with Gasteiger partial charge in [0.05, 0.1) is 0 Å². The average molecular weight is 228 g/mol. The molecule has 0 bridgehead atoms. The van der Waals surface area contributed by atoms with Gasteiger partial charge in [-0.25, -0.2) is 4.98 Å². The fourth-order valence-electron chi connectivity index (χ4n) is 1.78. The Morgan fingerprint density at radius 1 is 1.06 bits per heavy atom. The van der Waals surface area contributed by atoms with Gasteiger partial charge in [-0.3, -0.25) is 4.98 Å². The summed E-state index contributed by atoms with van der Waals surface area (Å²) in [6.45, 7) is 0. The zero-order valence-corrected chi connectivity index (χ0v) is 9.58. The summed E-state index contributed by atoms with van der Waals surface area (Å²) in [5.41, 5.74) is 13.8. The van der Waals surface area contributed by atoms with E-state index in [1.807, 2.05) is 30.3 Å². The van der Waals surface area contributed by atoms with Crippen molar-refractivity contribution in [2.75, 3.05) is 5.73 Å². The molecule has 0 radical (unpaired) electrons. The highest BCUT2D eigenvalue weighted by Crippen LogP contribution is 2.08. The summed E-state index contributed by atoms with van der Waals surface area (Å²) in [6, 6.07) is 9.71. The molecule has 2 rings (SSSR count). The maximum atomic E-state index is 6.09. The highest BCUT2D eigenvalue weighted by molar-refractivity contribution is 5.32. The van der Waals surface area contributed by atoms with Gasteiger partial charge in [-0.05, 0) is 36.2 Å². The summed E-state index contributed by atoms with van der Waals surface area (Å²) >= 11 is 0. The normalized spacial score (nSPS) is 12.3. The highest BCUT2D eigenvalue weighted by Gasteiger charge is 2.06. The Labute approximate surface area is 101 Å². The predicted molar refractivity (Wildman–Crippen MR) is 68.3 cm³/mol. The second-order valence-corrected chi connectivity index (χ2v) is 4.08. The van der Waals surface area contributed by atoms with Crippen LogP contribution in [0.3, 0.4) is 0 Å². The fourth-order valence-corrected chi connectivity index (χ4v) is 1.78. The third kappa shape index (κ3) is 3.53. The maximum absolute atomic E-state index is 6.09. The Bertz CT molecular complexity index is 470. The van der Waals surface area contributed by atoms with Crippen molar-refractivity contribution in [1.82, 2.24) is 9.97 Å². The zero-order valence-electron chi connectivity index (χ0n) is 9.58. The largest absolute Gasteiger partial charge is 0.384 e. The number of hydrogen-bond donors (Lipinski definition) is 2. The van der Waals surface area contributed by atoms with Gasteiger partial charge in [-0.1, -0.05) is 6.07 Å². The van der Waals surface area contributed by atoms with Gasteiger partial charge in [0.25, 0.3) is 0 Å². The van der Waals surface area contributed by atoms with Crippen LogP contribution in [0, 0.1) is 0 Å². The third-order valence-corrected chi connectivity index (χ3v) is 2.54. The van der Waals surface area contributed by atoms with Crippen LogP contribution in [-0.2, 0) is 12.8 Å². The molecule has 1 unspecified atom stereocenters. The molecule has 0 aliphatic carbocycles. The SMILES string of the molecule is Nc1cc(CC(N)Cc2ccccn2)ccn1. The van der Waals surface area contributed by atoms with E-state index in [2.05, 4.69) is 9.97 Å². The fraction of sp³-hybridized carbons (Fsp3) is 0.231. The minimum absolute atomic E-state index is 0.0479. The van der Waals surface area contributed by atoms with Crippen LogP contribution in [-0.4, -0.2) is 16.0 Å². The summed E-state index contributed by atoms with van der Waals surface area (Å²) in [5, 5.41) is 0. The first-order valence-corrected chi connectivity index (χ1v) is 5.60. The summed E-state index contributed by atoms with van der Waals surface area (Å²) in [5.74, 6) is 0.535. The third-order valence-electron chi connectivity index (χ3n) is 2.54. The molecule has 17 heavy (non-hydrogen) atoms. The van der Waals surface area contributed by atoms with Crippen LogP contribution in [0.25, 0.3) is 0 Å². The Morgan fingerprint density at radius 2 is 1.94 bits per heavy atom. The molecule has 0 fully saturated rings. The monoisotopic (exact) mass is 228 g/mol. The van der Waals surface area contributed by atoms with Crippen molar-refractivity contribution in [3.63, 3.8) is 0 Å². The molecular weight excluding hydrogens is 212 g/mol. The van der Waals surface area contributed by atoms with Crippen molar-refractivity contribution in [1.29, 1.82) is 0 Å². The van der Waals surface area contributed by atoms with E-state index in [-0.39, 0.29) is 6.04 Å². The quantitative estimate of drug-likeness (QED) is 0.823. The topological polar surface area (TPSA) is 77.8 Å². The minimum Gasteiger partial charge on any atom is -0.384 e. The van der Waals surface area contributed by atoms with Gasteiger partial charge in [0.15, 0.2) is 0 Å². The first kappa shape index (κ1) is 11.5. The summed E-state index contributed by atoms with van der Waals surface area (Å²) in [7, 11) is 0. The number of anilines is 1. The van der Waals surface area contributed by atoms with Crippen molar-refractivity contribution in [2.45, 2.75) is 18.9 Å². The van der Waals surface area contributed by atoms with Crippen molar-refractivity contribution >= 4 is 5.82 Å². The van der Waals surface area contributed by atoms with Crippen molar-refractivity contribution < 1.29 is 0 Å². The lowest BCUT2D eigenvalue weighted by Gasteiger charge is -2.11. The van der Waals surface area contributed by atoms with Crippen LogP contribution in [0.15, 0.2) is 42.7 Å². The molecule has 0 aliphatic rings. The Balaban J connectivity index is 1.96. The lowest BCUT2D eigenvalue weighted by molar-refractivity contribution is 0.654. The van der Waals surface area contributed by atoms with Gasteiger partial charge in [-0.15, -0.1) is 0 Å². The molecule has 2 aromatic heterocycles. The second-order valence-electron chi connectivity index (χ2n) is 4.08. The van der Waals surface area contributed by atoms with Crippen molar-refractivity contribution in [3.8, 4) is 0 Å². The summed E-state index contributed by atoms with van der Waals surface area (Å²) in [6.07, 6.45) is 5.04. The molecule has 1 atom stereocenters. The van der Waals surface area contributed by atoms with Gasteiger partial charge in [0, 0.05) is 30.6 Å². The van der Waals surface area contributed by atoms with E-state index in [0.29, 0.717) is 5.82 Å². The van der Waals surface area contributed by atoms with E-state index in [0.717, 1.165) is 24.1 Å². The van der Waals surface area contributed by atoms with Crippen LogP contribution in [0.1, 0.15) is 11.3 Å². The van der Waals surface area contributed by atoms with Gasteiger partial charge in [-0.2, -0.15) is 0 Å². The van der Waals surface area contributed by atoms with Crippen LogP contribution in [0.5, 0.6) is 0 Å². The van der Waals surface area contributed by atoms with Crippen molar-refractivity contribution in [3.05, 3.63) is 54.0 Å². The van der Waals surface area contributed by atoms with E-state index in [9.17, 15) is 0 Å². The van der Waals surface area contributed by atoms with Crippen LogP contribution in [0.4, 0.5) is 5.82 Å². The molecule has 4 heteroatoms. The molecule has 0 spiro atoms. The molecule has 4 nitrogen and oxygen atoms in total. The molecule has 2 heterocycles. The van der Waals surface area contributed by atoms with E-state index >= 15 is 0 Å². The number of nitrogens with zero attached hydrogens (tertiary/aromatic N) is 2. The Morgan fingerprint density at radius 3 is 2.65 bits per heavy atom. The lowest BCUT2D eigenvalue weighted by Crippen LogP contribution is -2.26. The summed E-state index contributed by atoms with van der Waals surface area (Å²) in [4.78, 5) is 8.22.